The van der Waals surface area contributed by atoms with Gasteiger partial charge in [-0.05, 0) is 52.4 Å². The van der Waals surface area contributed by atoms with Crippen LogP contribution in [0.5, 0.6) is 0 Å². The van der Waals surface area contributed by atoms with Gasteiger partial charge in [-0.2, -0.15) is 0 Å². The number of likely N-dealkylation sites (N-methyl/N-ethyl adjacent to an activating group) is 1. The molecule has 0 bridgehead atoms. The van der Waals surface area contributed by atoms with Crippen LogP contribution in [0.25, 0.3) is 5.69 Å². The van der Waals surface area contributed by atoms with Crippen LogP contribution in [0.3, 0.4) is 0 Å². The molecule has 0 spiro atoms. The lowest BCUT2D eigenvalue weighted by Gasteiger charge is -2.13. The van der Waals surface area contributed by atoms with Crippen molar-refractivity contribution in [3.05, 3.63) is 52.8 Å². The molecule has 0 aliphatic rings. The van der Waals surface area contributed by atoms with E-state index < -0.39 is 0 Å². The predicted molar refractivity (Wildman–Crippen MR) is 90.8 cm³/mol. The minimum atomic E-state index is -0.0185. The normalized spacial score (nSPS) is 12.2. The van der Waals surface area contributed by atoms with Crippen LogP contribution >= 0.6 is 0 Å². The fraction of sp³-hybridized carbons (Fsp3) is 0.389. The molecule has 118 valence electrons. The zero-order valence-corrected chi connectivity index (χ0v) is 14.0. The molecule has 1 amide bonds. The molecule has 0 aliphatic carbocycles. The molecule has 4 nitrogen and oxygen atoms in total. The average molecular weight is 299 g/mol. The van der Waals surface area contributed by atoms with E-state index in [4.69, 9.17) is 0 Å². The minimum absolute atomic E-state index is 0.0185. The first kappa shape index (κ1) is 16.3. The van der Waals surface area contributed by atoms with Gasteiger partial charge in [0.1, 0.15) is 0 Å². The molecule has 0 radical (unpaired) electrons. The van der Waals surface area contributed by atoms with Gasteiger partial charge in [0.2, 0.25) is 0 Å². The number of carbonyl (C=O) groups is 1. The first-order chi connectivity index (χ1) is 10.5. The molecular weight excluding hydrogens is 274 g/mol. The van der Waals surface area contributed by atoms with E-state index in [1.54, 1.807) is 0 Å². The molecule has 2 N–H and O–H groups in total. The lowest BCUT2D eigenvalue weighted by molar-refractivity contribution is 0.0950. The standard InChI is InChI=1S/C18H25N3O/c1-12-8-6-7-9-17(12)21-14(3)10-16(15(21)4)18(22)20-11-13(2)19-5/h6-10,13,19H,11H2,1-5H3,(H,20,22). The van der Waals surface area contributed by atoms with Crippen molar-refractivity contribution in [2.24, 2.45) is 0 Å². The number of hydrogen-bond donors (Lipinski definition) is 2. The van der Waals surface area contributed by atoms with Crippen molar-refractivity contribution >= 4 is 5.91 Å². The van der Waals surface area contributed by atoms with E-state index in [9.17, 15) is 4.79 Å². The quantitative estimate of drug-likeness (QED) is 0.892. The third-order valence-corrected chi connectivity index (χ3v) is 4.09. The molecule has 1 aromatic carbocycles. The Morgan fingerprint density at radius 3 is 2.55 bits per heavy atom. The van der Waals surface area contributed by atoms with Gasteiger partial charge in [0.15, 0.2) is 0 Å². The largest absolute Gasteiger partial charge is 0.350 e. The second-order valence-corrected chi connectivity index (χ2v) is 5.81. The Bertz CT molecular complexity index is 673. The van der Waals surface area contributed by atoms with Gasteiger partial charge >= 0.3 is 0 Å². The maximum absolute atomic E-state index is 12.4. The number of nitrogens with zero attached hydrogens (tertiary/aromatic N) is 1. The first-order valence-corrected chi connectivity index (χ1v) is 7.66. The first-order valence-electron chi connectivity index (χ1n) is 7.66. The molecule has 1 aromatic heterocycles. The highest BCUT2D eigenvalue weighted by atomic mass is 16.1. The van der Waals surface area contributed by atoms with Gasteiger partial charge in [0, 0.05) is 29.7 Å². The third-order valence-electron chi connectivity index (χ3n) is 4.09. The summed E-state index contributed by atoms with van der Waals surface area (Å²) in [5, 5.41) is 6.10. The second kappa shape index (κ2) is 6.79. The Kier molecular flexibility index (Phi) is 5.03. The molecule has 4 heteroatoms. The fourth-order valence-electron chi connectivity index (χ4n) is 2.62. The van der Waals surface area contributed by atoms with Gasteiger partial charge in [-0.15, -0.1) is 0 Å². The van der Waals surface area contributed by atoms with Crippen molar-refractivity contribution < 1.29 is 4.79 Å². The van der Waals surface area contributed by atoms with Gasteiger partial charge in [-0.1, -0.05) is 18.2 Å². The van der Waals surface area contributed by atoms with Crippen LogP contribution in [-0.2, 0) is 0 Å². The molecule has 0 saturated heterocycles. The lowest BCUT2D eigenvalue weighted by atomic mass is 10.2. The minimum Gasteiger partial charge on any atom is -0.350 e. The van der Waals surface area contributed by atoms with E-state index in [0.29, 0.717) is 6.54 Å². The topological polar surface area (TPSA) is 46.1 Å². The molecule has 2 aromatic rings. The molecule has 1 unspecified atom stereocenters. The van der Waals surface area contributed by atoms with Gasteiger partial charge < -0.3 is 15.2 Å². The molecule has 0 fully saturated rings. The summed E-state index contributed by atoms with van der Waals surface area (Å²) in [4.78, 5) is 12.4. The van der Waals surface area contributed by atoms with Crippen molar-refractivity contribution in [2.45, 2.75) is 33.7 Å². The Labute approximate surface area is 132 Å². The van der Waals surface area contributed by atoms with Crippen molar-refractivity contribution in [3.8, 4) is 5.69 Å². The molecule has 22 heavy (non-hydrogen) atoms. The lowest BCUT2D eigenvalue weighted by Crippen LogP contribution is -2.37. The smallest absolute Gasteiger partial charge is 0.253 e. The summed E-state index contributed by atoms with van der Waals surface area (Å²) in [7, 11) is 1.89. The Morgan fingerprint density at radius 2 is 1.91 bits per heavy atom. The summed E-state index contributed by atoms with van der Waals surface area (Å²) >= 11 is 0. The Balaban J connectivity index is 2.32. The molecule has 1 heterocycles. The van der Waals surface area contributed by atoms with Crippen LogP contribution in [0.15, 0.2) is 30.3 Å². The van der Waals surface area contributed by atoms with Crippen LogP contribution in [-0.4, -0.2) is 30.1 Å². The van der Waals surface area contributed by atoms with E-state index in [1.165, 1.54) is 5.56 Å². The van der Waals surface area contributed by atoms with E-state index in [2.05, 4.69) is 34.3 Å². The number of nitrogens with one attached hydrogen (secondary N) is 2. The molecule has 1 atom stereocenters. The number of para-hydroxylation sites is 1. The van der Waals surface area contributed by atoms with E-state index >= 15 is 0 Å². The van der Waals surface area contributed by atoms with Crippen LogP contribution in [0, 0.1) is 20.8 Å². The predicted octanol–water partition coefficient (Wildman–Crippen LogP) is 2.74. The highest BCUT2D eigenvalue weighted by Crippen LogP contribution is 2.23. The van der Waals surface area contributed by atoms with E-state index in [0.717, 1.165) is 22.6 Å². The van der Waals surface area contributed by atoms with Gasteiger partial charge in [-0.25, -0.2) is 0 Å². The second-order valence-electron chi connectivity index (χ2n) is 5.81. The molecule has 0 saturated carbocycles. The maximum Gasteiger partial charge on any atom is 0.253 e. The number of benzene rings is 1. The van der Waals surface area contributed by atoms with Crippen LogP contribution in [0.4, 0.5) is 0 Å². The Hall–Kier alpha value is -2.07. The van der Waals surface area contributed by atoms with E-state index in [1.807, 2.05) is 46.0 Å². The maximum atomic E-state index is 12.4. The zero-order chi connectivity index (χ0) is 16.3. The number of hydrogen-bond acceptors (Lipinski definition) is 2. The van der Waals surface area contributed by atoms with Crippen LogP contribution in [0.1, 0.15) is 34.2 Å². The van der Waals surface area contributed by atoms with Crippen LogP contribution in [0.2, 0.25) is 0 Å². The molecule has 0 aliphatic heterocycles. The highest BCUT2D eigenvalue weighted by Gasteiger charge is 2.17. The number of aryl methyl sites for hydroxylation is 2. The van der Waals surface area contributed by atoms with Crippen molar-refractivity contribution in [2.75, 3.05) is 13.6 Å². The van der Waals surface area contributed by atoms with Crippen LogP contribution < -0.4 is 10.6 Å². The number of aromatic nitrogens is 1. The van der Waals surface area contributed by atoms with Gasteiger partial charge in [0.25, 0.3) is 5.91 Å². The number of carbonyl (C=O) groups excluding carboxylic acids is 1. The number of amides is 1. The summed E-state index contributed by atoms with van der Waals surface area (Å²) in [5.74, 6) is -0.0185. The zero-order valence-electron chi connectivity index (χ0n) is 14.0. The summed E-state index contributed by atoms with van der Waals surface area (Å²) in [5.41, 5.74) is 5.10. The van der Waals surface area contributed by atoms with Gasteiger partial charge in [0.05, 0.1) is 5.56 Å². The average Bonchev–Trinajstić information content (AvgIpc) is 2.80. The molecule has 2 rings (SSSR count). The molecular formula is C18H25N3O. The summed E-state index contributed by atoms with van der Waals surface area (Å²) in [6, 6.07) is 10.4. The van der Waals surface area contributed by atoms with Crippen molar-refractivity contribution in [1.29, 1.82) is 0 Å². The van der Waals surface area contributed by atoms with Gasteiger partial charge in [-0.3, -0.25) is 4.79 Å². The summed E-state index contributed by atoms with van der Waals surface area (Å²) in [6.07, 6.45) is 0. The van der Waals surface area contributed by atoms with Crippen molar-refractivity contribution in [3.63, 3.8) is 0 Å². The monoisotopic (exact) mass is 299 g/mol. The SMILES string of the molecule is CNC(C)CNC(=O)c1cc(C)n(-c2ccccc2C)c1C. The Morgan fingerprint density at radius 1 is 1.23 bits per heavy atom. The third kappa shape index (κ3) is 3.22. The highest BCUT2D eigenvalue weighted by molar-refractivity contribution is 5.96. The van der Waals surface area contributed by atoms with Crippen molar-refractivity contribution in [1.82, 2.24) is 15.2 Å². The summed E-state index contributed by atoms with van der Waals surface area (Å²) in [6.45, 7) is 8.77. The van der Waals surface area contributed by atoms with E-state index in [-0.39, 0.29) is 11.9 Å². The number of rotatable bonds is 5. The summed E-state index contributed by atoms with van der Waals surface area (Å²) < 4.78 is 2.14. The fourth-order valence-corrected chi connectivity index (χ4v) is 2.62.